The summed E-state index contributed by atoms with van der Waals surface area (Å²) in [5.74, 6) is 0.690. The van der Waals surface area contributed by atoms with E-state index >= 15 is 0 Å². The third kappa shape index (κ3) is 4.05. The summed E-state index contributed by atoms with van der Waals surface area (Å²) in [7, 11) is 1.92. The van der Waals surface area contributed by atoms with Gasteiger partial charge in [0, 0.05) is 11.6 Å². The number of hydrogen-bond donors (Lipinski definition) is 1. The van der Waals surface area contributed by atoms with Gasteiger partial charge < -0.3 is 10.1 Å². The summed E-state index contributed by atoms with van der Waals surface area (Å²) in [6, 6.07) is 13.0. The molecular formula is C18H22FNO. The van der Waals surface area contributed by atoms with Crippen LogP contribution in [0.4, 0.5) is 4.39 Å². The van der Waals surface area contributed by atoms with E-state index in [1.54, 1.807) is 12.1 Å². The van der Waals surface area contributed by atoms with Crippen molar-refractivity contribution in [3.05, 3.63) is 65.0 Å². The van der Waals surface area contributed by atoms with Crippen LogP contribution in [0.5, 0.6) is 5.75 Å². The lowest BCUT2D eigenvalue weighted by atomic mass is 9.96. The third-order valence-electron chi connectivity index (χ3n) is 3.52. The van der Waals surface area contributed by atoms with E-state index in [-0.39, 0.29) is 11.9 Å². The SMILES string of the molecule is CCOc1ccc(C)cc1C(Cc1cccc(F)c1)NC. The van der Waals surface area contributed by atoms with Gasteiger partial charge in [-0.25, -0.2) is 4.39 Å². The summed E-state index contributed by atoms with van der Waals surface area (Å²) in [6.07, 6.45) is 0.720. The van der Waals surface area contributed by atoms with E-state index in [1.807, 2.05) is 32.2 Å². The molecule has 1 atom stereocenters. The fourth-order valence-corrected chi connectivity index (χ4v) is 2.49. The number of rotatable bonds is 6. The van der Waals surface area contributed by atoms with Gasteiger partial charge in [-0.15, -0.1) is 0 Å². The second-order valence-corrected chi connectivity index (χ2v) is 5.15. The molecule has 1 N–H and O–H groups in total. The highest BCUT2D eigenvalue weighted by atomic mass is 19.1. The smallest absolute Gasteiger partial charge is 0.124 e. The summed E-state index contributed by atoms with van der Waals surface area (Å²) in [5, 5.41) is 3.31. The highest BCUT2D eigenvalue weighted by Gasteiger charge is 2.16. The molecule has 0 aliphatic rings. The fourth-order valence-electron chi connectivity index (χ4n) is 2.49. The Kier molecular flexibility index (Phi) is 5.34. The lowest BCUT2D eigenvalue weighted by molar-refractivity contribution is 0.332. The van der Waals surface area contributed by atoms with Gasteiger partial charge in [-0.3, -0.25) is 0 Å². The molecule has 1 unspecified atom stereocenters. The van der Waals surface area contributed by atoms with Crippen LogP contribution in [0.1, 0.15) is 29.7 Å². The van der Waals surface area contributed by atoms with Gasteiger partial charge in [0.1, 0.15) is 11.6 Å². The van der Waals surface area contributed by atoms with Crippen molar-refractivity contribution in [1.82, 2.24) is 5.32 Å². The maximum Gasteiger partial charge on any atom is 0.124 e. The van der Waals surface area contributed by atoms with Crippen LogP contribution in [0.2, 0.25) is 0 Å². The zero-order chi connectivity index (χ0) is 15.2. The molecule has 0 radical (unpaired) electrons. The maximum atomic E-state index is 13.3. The van der Waals surface area contributed by atoms with Gasteiger partial charge in [0.05, 0.1) is 6.61 Å². The van der Waals surface area contributed by atoms with Crippen LogP contribution >= 0.6 is 0 Å². The highest BCUT2D eigenvalue weighted by Crippen LogP contribution is 2.29. The molecular weight excluding hydrogens is 265 g/mol. The van der Waals surface area contributed by atoms with Crippen LogP contribution in [-0.4, -0.2) is 13.7 Å². The van der Waals surface area contributed by atoms with E-state index in [1.165, 1.54) is 11.6 Å². The Morgan fingerprint density at radius 1 is 1.19 bits per heavy atom. The summed E-state index contributed by atoms with van der Waals surface area (Å²) >= 11 is 0. The van der Waals surface area contributed by atoms with Crippen LogP contribution in [0.25, 0.3) is 0 Å². The van der Waals surface area contributed by atoms with Crippen LogP contribution < -0.4 is 10.1 Å². The summed E-state index contributed by atoms with van der Waals surface area (Å²) < 4.78 is 19.1. The van der Waals surface area contributed by atoms with Crippen molar-refractivity contribution in [2.75, 3.05) is 13.7 Å². The quantitative estimate of drug-likeness (QED) is 0.866. The molecule has 0 saturated heterocycles. The average molecular weight is 287 g/mol. The van der Waals surface area contributed by atoms with Gasteiger partial charge in [0.15, 0.2) is 0 Å². The minimum Gasteiger partial charge on any atom is -0.494 e. The molecule has 112 valence electrons. The predicted octanol–water partition coefficient (Wildman–Crippen LogP) is 4.04. The lowest BCUT2D eigenvalue weighted by Gasteiger charge is -2.21. The van der Waals surface area contributed by atoms with E-state index in [4.69, 9.17) is 4.74 Å². The van der Waals surface area contributed by atoms with Crippen molar-refractivity contribution >= 4 is 0 Å². The molecule has 3 heteroatoms. The van der Waals surface area contributed by atoms with Crippen molar-refractivity contribution < 1.29 is 9.13 Å². The van der Waals surface area contributed by atoms with E-state index in [0.717, 1.165) is 23.3 Å². The van der Waals surface area contributed by atoms with Crippen LogP contribution in [0.3, 0.4) is 0 Å². The van der Waals surface area contributed by atoms with Gasteiger partial charge in [0.2, 0.25) is 0 Å². The van der Waals surface area contributed by atoms with Gasteiger partial charge in [0.25, 0.3) is 0 Å². The molecule has 2 aromatic rings. The lowest BCUT2D eigenvalue weighted by Crippen LogP contribution is -2.20. The van der Waals surface area contributed by atoms with Crippen LogP contribution in [0, 0.1) is 12.7 Å². The van der Waals surface area contributed by atoms with Crippen LogP contribution in [0.15, 0.2) is 42.5 Å². The first-order chi connectivity index (χ1) is 10.1. The first-order valence-corrected chi connectivity index (χ1v) is 7.29. The van der Waals surface area contributed by atoms with Crippen molar-refractivity contribution in [2.45, 2.75) is 26.3 Å². The number of nitrogens with one attached hydrogen (secondary N) is 1. The summed E-state index contributed by atoms with van der Waals surface area (Å²) in [6.45, 7) is 4.67. The normalized spacial score (nSPS) is 12.2. The average Bonchev–Trinajstić information content (AvgIpc) is 2.47. The largest absolute Gasteiger partial charge is 0.494 e. The zero-order valence-electron chi connectivity index (χ0n) is 12.8. The predicted molar refractivity (Wildman–Crippen MR) is 84.3 cm³/mol. The Morgan fingerprint density at radius 2 is 2.00 bits per heavy atom. The minimum absolute atomic E-state index is 0.0910. The molecule has 2 nitrogen and oxygen atoms in total. The van der Waals surface area contributed by atoms with E-state index in [2.05, 4.69) is 18.3 Å². The number of likely N-dealkylation sites (N-methyl/N-ethyl adjacent to an activating group) is 1. The molecule has 2 aromatic carbocycles. The Hall–Kier alpha value is -1.87. The van der Waals surface area contributed by atoms with Crippen LogP contribution in [-0.2, 0) is 6.42 Å². The molecule has 0 fully saturated rings. The molecule has 0 bridgehead atoms. The van der Waals surface area contributed by atoms with Gasteiger partial charge in [-0.05, 0) is 51.1 Å². The summed E-state index contributed by atoms with van der Waals surface area (Å²) in [4.78, 5) is 0. The monoisotopic (exact) mass is 287 g/mol. The van der Waals surface area contributed by atoms with E-state index in [0.29, 0.717) is 6.61 Å². The number of aryl methyl sites for hydroxylation is 1. The molecule has 0 saturated carbocycles. The Morgan fingerprint density at radius 3 is 2.67 bits per heavy atom. The number of ether oxygens (including phenoxy) is 1. The molecule has 0 heterocycles. The number of hydrogen-bond acceptors (Lipinski definition) is 2. The van der Waals surface area contributed by atoms with Crippen molar-refractivity contribution in [1.29, 1.82) is 0 Å². The molecule has 21 heavy (non-hydrogen) atoms. The second-order valence-electron chi connectivity index (χ2n) is 5.15. The van der Waals surface area contributed by atoms with Crippen molar-refractivity contribution in [3.8, 4) is 5.75 Å². The molecule has 2 rings (SSSR count). The molecule has 0 spiro atoms. The second kappa shape index (κ2) is 7.23. The highest BCUT2D eigenvalue weighted by molar-refractivity contribution is 5.40. The maximum absolute atomic E-state index is 13.3. The number of halogens is 1. The standard InChI is InChI=1S/C18H22FNO/c1-4-21-18-9-8-13(2)10-16(18)17(20-3)12-14-6-5-7-15(19)11-14/h5-11,17,20H,4,12H2,1-3H3. The zero-order valence-corrected chi connectivity index (χ0v) is 12.8. The van der Waals surface area contributed by atoms with Gasteiger partial charge in [-0.2, -0.15) is 0 Å². The molecule has 0 aromatic heterocycles. The molecule has 0 aliphatic carbocycles. The topological polar surface area (TPSA) is 21.3 Å². The molecule has 0 amide bonds. The fraction of sp³-hybridized carbons (Fsp3) is 0.333. The Labute approximate surface area is 126 Å². The van der Waals surface area contributed by atoms with E-state index < -0.39 is 0 Å². The Bertz CT molecular complexity index is 598. The first-order valence-electron chi connectivity index (χ1n) is 7.29. The number of benzene rings is 2. The third-order valence-corrected chi connectivity index (χ3v) is 3.52. The van der Waals surface area contributed by atoms with Gasteiger partial charge >= 0.3 is 0 Å². The van der Waals surface area contributed by atoms with Crippen molar-refractivity contribution in [3.63, 3.8) is 0 Å². The molecule has 0 aliphatic heterocycles. The van der Waals surface area contributed by atoms with E-state index in [9.17, 15) is 4.39 Å². The van der Waals surface area contributed by atoms with Gasteiger partial charge in [-0.1, -0.05) is 29.8 Å². The minimum atomic E-state index is -0.198. The first kappa shape index (κ1) is 15.5. The Balaban J connectivity index is 2.30. The van der Waals surface area contributed by atoms with Crippen molar-refractivity contribution in [2.24, 2.45) is 0 Å². The summed E-state index contributed by atoms with van der Waals surface area (Å²) in [5.41, 5.74) is 3.27.